The molecule has 0 amide bonds. The average Bonchev–Trinajstić information content (AvgIpc) is 3.83. The van der Waals surface area contributed by atoms with Crippen LogP contribution in [-0.4, -0.2) is 31.4 Å². The molecule has 2 aliphatic carbocycles. The first kappa shape index (κ1) is 34.5. The number of aromatic nitrogens is 2. The van der Waals surface area contributed by atoms with Crippen LogP contribution in [0.25, 0.3) is 72.4 Å². The maximum atomic E-state index is 5.17. The highest BCUT2D eigenvalue weighted by Gasteiger charge is 2.36. The van der Waals surface area contributed by atoms with Gasteiger partial charge in [-0.15, -0.1) is 0 Å². The Balaban J connectivity index is 0.992. The average molecular weight is 770 g/mol. The molecule has 9 aromatic rings. The lowest BCUT2D eigenvalue weighted by molar-refractivity contribution is -0.450. The fraction of sp³-hybridized carbons (Fsp3) is 0.0714. The molecule has 0 fully saturated rings. The number of fused-ring (bicyclic) bond motifs is 6. The van der Waals surface area contributed by atoms with Gasteiger partial charge in [0.25, 0.3) is 11.7 Å². The number of nitrogens with zero attached hydrogens (tertiary/aromatic N) is 4. The monoisotopic (exact) mass is 769 g/mol. The molecule has 4 heteroatoms. The molecule has 1 atom stereocenters. The molecule has 284 valence electrons. The van der Waals surface area contributed by atoms with E-state index >= 15 is 0 Å². The highest BCUT2D eigenvalue weighted by Crippen LogP contribution is 2.43. The van der Waals surface area contributed by atoms with E-state index < -0.39 is 0 Å². The molecule has 3 heterocycles. The van der Waals surface area contributed by atoms with Gasteiger partial charge in [0.15, 0.2) is 0 Å². The van der Waals surface area contributed by atoms with Gasteiger partial charge in [0, 0.05) is 50.7 Å². The van der Waals surface area contributed by atoms with Crippen LogP contribution in [0.1, 0.15) is 35.2 Å². The van der Waals surface area contributed by atoms with Crippen molar-refractivity contribution < 1.29 is 4.58 Å². The number of hydrogen-bond donors (Lipinski definition) is 0. The van der Waals surface area contributed by atoms with E-state index in [4.69, 9.17) is 4.99 Å². The summed E-state index contributed by atoms with van der Waals surface area (Å²) in [5, 5.41) is 3.79. The maximum absolute atomic E-state index is 5.17. The highest BCUT2D eigenvalue weighted by molar-refractivity contribution is 6.16. The molecule has 0 bridgehead atoms. The number of hydrogen-bond acceptors (Lipinski definition) is 1. The summed E-state index contributed by atoms with van der Waals surface area (Å²) in [6.07, 6.45) is 16.5. The minimum Gasteiger partial charge on any atom is -0.312 e. The Morgan fingerprint density at radius 3 is 2.13 bits per heavy atom. The van der Waals surface area contributed by atoms with Crippen LogP contribution in [0.4, 0.5) is 0 Å². The molecule has 0 N–H and O–H groups in total. The van der Waals surface area contributed by atoms with Crippen molar-refractivity contribution in [2.75, 3.05) is 0 Å². The Hall–Kier alpha value is -7.56. The largest absolute Gasteiger partial charge is 0.312 e. The third kappa shape index (κ3) is 5.45. The van der Waals surface area contributed by atoms with Crippen LogP contribution in [0.3, 0.4) is 0 Å². The molecule has 1 unspecified atom stereocenters. The van der Waals surface area contributed by atoms with Gasteiger partial charge in [-0.3, -0.25) is 0 Å². The molecule has 7 aromatic carbocycles. The van der Waals surface area contributed by atoms with E-state index in [0.29, 0.717) is 0 Å². The Labute approximate surface area is 349 Å². The standard InChI is InChI=1S/C56H41N4/c1-4-18-38(19-5-1)55-57-56(59(55)43-24-8-3-9-25-43)41-21-16-20-39(36-41)40-34-35-53-49(37-40)46-28-12-15-33-52(46)60(53)51-32-14-11-27-45(51)48-30-17-29-47-44-26-10-13-31-50(44)58(54(47)48)42-22-6-2-7-23-42/h1-14,16-24,26-32,34-37,43H,15,25,33H2/q+1. The van der Waals surface area contributed by atoms with Crippen molar-refractivity contribution in [1.82, 2.24) is 9.13 Å². The zero-order chi connectivity index (χ0) is 39.6. The predicted molar refractivity (Wildman–Crippen MR) is 250 cm³/mol. The summed E-state index contributed by atoms with van der Waals surface area (Å²) in [6.45, 7) is 0. The summed E-state index contributed by atoms with van der Waals surface area (Å²) in [4.78, 5) is 5.17. The zero-order valence-electron chi connectivity index (χ0n) is 33.1. The van der Waals surface area contributed by atoms with Gasteiger partial charge in [0.2, 0.25) is 0 Å². The summed E-state index contributed by atoms with van der Waals surface area (Å²) in [5.41, 5.74) is 15.8. The van der Waals surface area contributed by atoms with Crippen molar-refractivity contribution in [3.8, 4) is 33.6 Å². The molecule has 60 heavy (non-hydrogen) atoms. The summed E-state index contributed by atoms with van der Waals surface area (Å²) < 4.78 is 7.41. The normalized spacial score (nSPS) is 15.8. The van der Waals surface area contributed by atoms with Crippen LogP contribution < -0.4 is 0 Å². The summed E-state index contributed by atoms with van der Waals surface area (Å²) in [6, 6.07) is 62.1. The van der Waals surface area contributed by atoms with E-state index in [2.05, 4.69) is 220 Å². The second-order valence-electron chi connectivity index (χ2n) is 16.0. The van der Waals surface area contributed by atoms with E-state index in [1.807, 2.05) is 0 Å². The van der Waals surface area contributed by atoms with Crippen LogP contribution in [0.15, 0.2) is 205 Å². The van der Waals surface area contributed by atoms with E-state index in [9.17, 15) is 0 Å². The molecule has 0 radical (unpaired) electrons. The summed E-state index contributed by atoms with van der Waals surface area (Å²) >= 11 is 0. The van der Waals surface area contributed by atoms with Crippen molar-refractivity contribution in [3.05, 3.63) is 223 Å². The minimum absolute atomic E-state index is 0.229. The van der Waals surface area contributed by atoms with Gasteiger partial charge < -0.3 is 9.13 Å². The number of amidine groups is 2. The van der Waals surface area contributed by atoms with Crippen molar-refractivity contribution in [2.24, 2.45) is 4.99 Å². The minimum atomic E-state index is 0.229. The predicted octanol–water partition coefficient (Wildman–Crippen LogP) is 13.1. The molecular weight excluding hydrogens is 729 g/mol. The lowest BCUT2D eigenvalue weighted by Gasteiger charge is -2.25. The number of rotatable bonds is 7. The number of allylic oxidation sites excluding steroid dienone is 3. The fourth-order valence-electron chi connectivity index (χ4n) is 9.82. The second-order valence-corrected chi connectivity index (χ2v) is 16.0. The van der Waals surface area contributed by atoms with Crippen LogP contribution in [0, 0.1) is 0 Å². The third-order valence-corrected chi connectivity index (χ3v) is 12.5. The Morgan fingerprint density at radius 2 is 1.25 bits per heavy atom. The van der Waals surface area contributed by atoms with Crippen LogP contribution in [-0.2, 0) is 6.42 Å². The van der Waals surface area contributed by atoms with Gasteiger partial charge in [0.1, 0.15) is 6.04 Å². The molecule has 3 aliphatic rings. The molecule has 4 nitrogen and oxygen atoms in total. The molecule has 1 aliphatic heterocycles. The molecule has 12 rings (SSSR count). The van der Waals surface area contributed by atoms with Crippen molar-refractivity contribution in [1.29, 1.82) is 0 Å². The molecule has 2 aromatic heterocycles. The van der Waals surface area contributed by atoms with Gasteiger partial charge in [-0.2, -0.15) is 0 Å². The summed E-state index contributed by atoms with van der Waals surface area (Å²) in [7, 11) is 0. The molecule has 0 saturated carbocycles. The molecule has 0 spiro atoms. The number of benzene rings is 7. The number of para-hydroxylation sites is 4. The van der Waals surface area contributed by atoms with E-state index in [1.54, 1.807) is 0 Å². The van der Waals surface area contributed by atoms with Gasteiger partial charge >= 0.3 is 0 Å². The summed E-state index contributed by atoms with van der Waals surface area (Å²) in [5.74, 6) is 2.05. The Kier molecular flexibility index (Phi) is 8.09. The second kappa shape index (κ2) is 14.1. The van der Waals surface area contributed by atoms with Gasteiger partial charge in [-0.05, 0) is 90.7 Å². The van der Waals surface area contributed by atoms with Crippen molar-refractivity contribution in [2.45, 2.75) is 25.3 Å². The van der Waals surface area contributed by atoms with Crippen LogP contribution in [0.5, 0.6) is 0 Å². The lowest BCUT2D eigenvalue weighted by Crippen LogP contribution is -2.43. The first-order valence-corrected chi connectivity index (χ1v) is 21.1. The van der Waals surface area contributed by atoms with Crippen LogP contribution in [0.2, 0.25) is 0 Å². The Bertz CT molecular complexity index is 3330. The van der Waals surface area contributed by atoms with E-state index in [0.717, 1.165) is 47.7 Å². The van der Waals surface area contributed by atoms with E-state index in [-0.39, 0.29) is 6.04 Å². The van der Waals surface area contributed by atoms with E-state index in [1.165, 1.54) is 71.9 Å². The topological polar surface area (TPSA) is 25.2 Å². The number of aliphatic imine (C=N–C) groups is 1. The van der Waals surface area contributed by atoms with Crippen molar-refractivity contribution in [3.63, 3.8) is 0 Å². The van der Waals surface area contributed by atoms with Gasteiger partial charge in [0.05, 0.1) is 33.4 Å². The smallest absolute Gasteiger partial charge is 0.274 e. The third-order valence-electron chi connectivity index (χ3n) is 12.5. The maximum Gasteiger partial charge on any atom is 0.274 e. The molecular formula is C56H41N4+. The highest BCUT2D eigenvalue weighted by atomic mass is 15.3. The first-order valence-electron chi connectivity index (χ1n) is 21.1. The van der Waals surface area contributed by atoms with Gasteiger partial charge in [-0.1, -0.05) is 145 Å². The lowest BCUT2D eigenvalue weighted by atomic mass is 9.97. The fourth-order valence-corrected chi connectivity index (χ4v) is 9.82. The SMILES string of the molecule is C1=CCC([N+]2=C(c3ccccc3)N=C2c2cccc(-c3ccc4c(c3)c3c(n4-c4ccccc4-c4cccc5c6ccccc6n(-c6ccccc6)c45)CCC=C3)c2)C=C1. The van der Waals surface area contributed by atoms with Gasteiger partial charge in [-0.25, -0.2) is 4.58 Å². The quantitative estimate of drug-likeness (QED) is 0.144. The first-order chi connectivity index (χ1) is 29.8. The van der Waals surface area contributed by atoms with Crippen LogP contribution >= 0.6 is 0 Å². The van der Waals surface area contributed by atoms with Crippen molar-refractivity contribution >= 4 is 50.5 Å². The molecule has 0 saturated heterocycles. The Morgan fingerprint density at radius 1 is 0.533 bits per heavy atom. The zero-order valence-corrected chi connectivity index (χ0v) is 33.1.